The predicted molar refractivity (Wildman–Crippen MR) is 48.4 cm³/mol. The second-order valence-electron chi connectivity index (χ2n) is 3.18. The normalized spacial score (nSPS) is 20.6. The minimum atomic E-state index is 0.153. The second kappa shape index (κ2) is 2.91. The fourth-order valence-electron chi connectivity index (χ4n) is 1.74. The van der Waals surface area contributed by atoms with E-state index in [1.54, 1.807) is 0 Å². The summed E-state index contributed by atoms with van der Waals surface area (Å²) < 4.78 is 0. The Labute approximate surface area is 76.4 Å². The van der Waals surface area contributed by atoms with Crippen molar-refractivity contribution >= 4 is 17.9 Å². The van der Waals surface area contributed by atoms with E-state index in [0.717, 1.165) is 29.7 Å². The third kappa shape index (κ3) is 1.14. The van der Waals surface area contributed by atoms with Gasteiger partial charge < -0.3 is 4.79 Å². The van der Waals surface area contributed by atoms with Gasteiger partial charge in [0.25, 0.3) is 0 Å². The van der Waals surface area contributed by atoms with Gasteiger partial charge in [-0.25, -0.2) is 0 Å². The molecule has 62 valence electrons. The average Bonchev–Trinajstić information content (AvgIpc) is 2.49. The molecule has 1 aromatic carbocycles. The van der Waals surface area contributed by atoms with E-state index in [1.165, 1.54) is 5.56 Å². The van der Waals surface area contributed by atoms with E-state index in [4.69, 9.17) is 11.6 Å². The molecule has 0 amide bonds. The Bertz CT molecular complexity index is 320. The van der Waals surface area contributed by atoms with Gasteiger partial charge in [0.2, 0.25) is 0 Å². The number of aldehydes is 1. The monoisotopic (exact) mass is 180 g/mol. The quantitative estimate of drug-likeness (QED) is 0.606. The van der Waals surface area contributed by atoms with Crippen molar-refractivity contribution in [2.75, 3.05) is 0 Å². The van der Waals surface area contributed by atoms with Crippen LogP contribution in [0.1, 0.15) is 11.1 Å². The van der Waals surface area contributed by atoms with Crippen LogP contribution in [0.5, 0.6) is 0 Å². The highest BCUT2D eigenvalue weighted by Crippen LogP contribution is 2.30. The van der Waals surface area contributed by atoms with Gasteiger partial charge in [-0.1, -0.05) is 23.7 Å². The minimum Gasteiger partial charge on any atom is -0.303 e. The third-order valence-electron chi connectivity index (χ3n) is 2.36. The zero-order valence-electron chi connectivity index (χ0n) is 6.59. The van der Waals surface area contributed by atoms with Crippen molar-refractivity contribution in [2.24, 2.45) is 5.92 Å². The van der Waals surface area contributed by atoms with Crippen molar-refractivity contribution in [3.8, 4) is 0 Å². The van der Waals surface area contributed by atoms with Crippen molar-refractivity contribution in [1.82, 2.24) is 0 Å². The summed E-state index contributed by atoms with van der Waals surface area (Å²) in [6.45, 7) is 0. The Morgan fingerprint density at radius 1 is 1.42 bits per heavy atom. The van der Waals surface area contributed by atoms with Crippen LogP contribution in [-0.2, 0) is 17.6 Å². The van der Waals surface area contributed by atoms with Crippen LogP contribution in [0.15, 0.2) is 18.2 Å². The van der Waals surface area contributed by atoms with Gasteiger partial charge in [-0.3, -0.25) is 0 Å². The second-order valence-corrected chi connectivity index (χ2v) is 3.59. The molecule has 0 fully saturated rings. The van der Waals surface area contributed by atoms with Crippen molar-refractivity contribution < 1.29 is 4.79 Å². The summed E-state index contributed by atoms with van der Waals surface area (Å²) >= 11 is 5.98. The molecule has 0 aromatic heterocycles. The standard InChI is InChI=1S/C10H9ClO/c11-10-3-1-2-8-4-7(6-12)5-9(8)10/h1-3,6-7H,4-5H2. The summed E-state index contributed by atoms with van der Waals surface area (Å²) in [5.74, 6) is 0.153. The molecule has 0 N–H and O–H groups in total. The fraction of sp³-hybridized carbons (Fsp3) is 0.300. The molecule has 0 aliphatic heterocycles. The Hall–Kier alpha value is -0.820. The molecule has 1 aromatic rings. The SMILES string of the molecule is O=CC1Cc2cccc(Cl)c2C1. The summed E-state index contributed by atoms with van der Waals surface area (Å²) in [4.78, 5) is 10.5. The van der Waals surface area contributed by atoms with Gasteiger partial charge in [0.15, 0.2) is 0 Å². The van der Waals surface area contributed by atoms with E-state index in [2.05, 4.69) is 0 Å². The summed E-state index contributed by atoms with van der Waals surface area (Å²) in [5, 5.41) is 0.803. The van der Waals surface area contributed by atoms with Crippen LogP contribution in [0.4, 0.5) is 0 Å². The van der Waals surface area contributed by atoms with E-state index in [9.17, 15) is 4.79 Å². The Morgan fingerprint density at radius 2 is 2.25 bits per heavy atom. The molecular formula is C10H9ClO. The Balaban J connectivity index is 2.41. The number of carbonyl (C=O) groups excluding carboxylic acids is 1. The van der Waals surface area contributed by atoms with Gasteiger partial charge in [-0.2, -0.15) is 0 Å². The lowest BCUT2D eigenvalue weighted by Gasteiger charge is -1.98. The molecule has 1 unspecified atom stereocenters. The molecule has 0 spiro atoms. The molecule has 1 atom stereocenters. The lowest BCUT2D eigenvalue weighted by molar-refractivity contribution is -0.110. The minimum absolute atomic E-state index is 0.153. The van der Waals surface area contributed by atoms with Crippen LogP contribution in [0.25, 0.3) is 0 Å². The van der Waals surface area contributed by atoms with Gasteiger partial charge >= 0.3 is 0 Å². The highest BCUT2D eigenvalue weighted by atomic mass is 35.5. The number of fused-ring (bicyclic) bond motifs is 1. The van der Waals surface area contributed by atoms with E-state index < -0.39 is 0 Å². The maximum absolute atomic E-state index is 10.5. The fourth-order valence-corrected chi connectivity index (χ4v) is 2.01. The summed E-state index contributed by atoms with van der Waals surface area (Å²) in [6, 6.07) is 5.87. The number of hydrogen-bond donors (Lipinski definition) is 0. The number of hydrogen-bond acceptors (Lipinski definition) is 1. The summed E-state index contributed by atoms with van der Waals surface area (Å²) in [7, 11) is 0. The van der Waals surface area contributed by atoms with Gasteiger partial charge in [-0.15, -0.1) is 0 Å². The van der Waals surface area contributed by atoms with Gasteiger partial charge in [0.05, 0.1) is 0 Å². The first-order chi connectivity index (χ1) is 5.81. The van der Waals surface area contributed by atoms with Gasteiger partial charge in [0, 0.05) is 10.9 Å². The number of benzene rings is 1. The lowest BCUT2D eigenvalue weighted by atomic mass is 10.1. The van der Waals surface area contributed by atoms with Crippen molar-refractivity contribution in [1.29, 1.82) is 0 Å². The molecule has 1 aliphatic carbocycles. The molecule has 0 saturated carbocycles. The van der Waals surface area contributed by atoms with Crippen LogP contribution in [0.3, 0.4) is 0 Å². The largest absolute Gasteiger partial charge is 0.303 e. The van der Waals surface area contributed by atoms with Crippen molar-refractivity contribution in [2.45, 2.75) is 12.8 Å². The van der Waals surface area contributed by atoms with E-state index in [1.807, 2.05) is 18.2 Å². The van der Waals surface area contributed by atoms with Crippen LogP contribution in [0.2, 0.25) is 5.02 Å². The maximum Gasteiger partial charge on any atom is 0.123 e. The predicted octanol–water partition coefficient (Wildman–Crippen LogP) is 2.25. The molecule has 2 heteroatoms. The molecule has 1 aliphatic rings. The first-order valence-corrected chi connectivity index (χ1v) is 4.40. The zero-order valence-corrected chi connectivity index (χ0v) is 7.34. The molecule has 0 heterocycles. The first-order valence-electron chi connectivity index (χ1n) is 4.03. The highest BCUT2D eigenvalue weighted by Gasteiger charge is 2.22. The highest BCUT2D eigenvalue weighted by molar-refractivity contribution is 6.31. The third-order valence-corrected chi connectivity index (χ3v) is 2.71. The first kappa shape index (κ1) is 7.81. The Kier molecular flexibility index (Phi) is 1.89. The zero-order chi connectivity index (χ0) is 8.55. The van der Waals surface area contributed by atoms with E-state index in [-0.39, 0.29) is 5.92 Å². The molecule has 1 nitrogen and oxygen atoms in total. The summed E-state index contributed by atoms with van der Waals surface area (Å²) in [6.07, 6.45) is 2.70. The van der Waals surface area contributed by atoms with Crippen LogP contribution in [0, 0.1) is 5.92 Å². The summed E-state index contributed by atoms with van der Waals surface area (Å²) in [5.41, 5.74) is 2.40. The Morgan fingerprint density at radius 3 is 2.92 bits per heavy atom. The van der Waals surface area contributed by atoms with Gasteiger partial charge in [0.1, 0.15) is 6.29 Å². The maximum atomic E-state index is 10.5. The van der Waals surface area contributed by atoms with Crippen LogP contribution < -0.4 is 0 Å². The number of carbonyl (C=O) groups is 1. The molecule has 0 radical (unpaired) electrons. The van der Waals surface area contributed by atoms with Crippen LogP contribution in [-0.4, -0.2) is 6.29 Å². The average molecular weight is 181 g/mol. The van der Waals surface area contributed by atoms with Gasteiger partial charge in [-0.05, 0) is 30.0 Å². The number of halogens is 1. The van der Waals surface area contributed by atoms with Crippen LogP contribution >= 0.6 is 11.6 Å². The van der Waals surface area contributed by atoms with Crippen molar-refractivity contribution in [3.63, 3.8) is 0 Å². The molecule has 2 rings (SSSR count). The molecule has 0 saturated heterocycles. The van der Waals surface area contributed by atoms with Crippen molar-refractivity contribution in [3.05, 3.63) is 34.3 Å². The van der Waals surface area contributed by atoms with E-state index in [0.29, 0.717) is 0 Å². The topological polar surface area (TPSA) is 17.1 Å². The lowest BCUT2D eigenvalue weighted by Crippen LogP contribution is -1.99. The molecular weight excluding hydrogens is 172 g/mol. The molecule has 0 bridgehead atoms. The molecule has 12 heavy (non-hydrogen) atoms. The van der Waals surface area contributed by atoms with E-state index >= 15 is 0 Å². The smallest absolute Gasteiger partial charge is 0.123 e. The number of rotatable bonds is 1.